The Hall–Kier alpha value is -3.59. The Morgan fingerprint density at radius 3 is 2.47 bits per heavy atom. The average Bonchev–Trinajstić information content (AvgIpc) is 2.79. The number of hydrazone groups is 1. The SMILES string of the molecule is CCOc1cc(C=NNC(=O)c2cc3ccccc3cc2O)c(Br)cc1OCC(=O)OC. The number of halogens is 1. The third-order valence-electron chi connectivity index (χ3n) is 4.41. The number of nitrogens with zero attached hydrogens (tertiary/aromatic N) is 1. The summed E-state index contributed by atoms with van der Waals surface area (Å²) in [7, 11) is 1.27. The van der Waals surface area contributed by atoms with Crippen molar-refractivity contribution in [3.8, 4) is 17.2 Å². The maximum absolute atomic E-state index is 12.5. The molecule has 0 aliphatic carbocycles. The Balaban J connectivity index is 1.77. The number of aromatic hydroxyl groups is 1. The summed E-state index contributed by atoms with van der Waals surface area (Å²) in [5, 5.41) is 15.8. The molecule has 32 heavy (non-hydrogen) atoms. The summed E-state index contributed by atoms with van der Waals surface area (Å²) in [6, 6.07) is 13.8. The lowest BCUT2D eigenvalue weighted by Gasteiger charge is -2.13. The molecule has 0 aliphatic rings. The number of esters is 1. The van der Waals surface area contributed by atoms with Crippen molar-refractivity contribution in [2.45, 2.75) is 6.92 Å². The van der Waals surface area contributed by atoms with E-state index in [0.717, 1.165) is 10.8 Å². The number of hydrogen-bond acceptors (Lipinski definition) is 7. The van der Waals surface area contributed by atoms with Gasteiger partial charge in [-0.15, -0.1) is 0 Å². The lowest BCUT2D eigenvalue weighted by atomic mass is 10.1. The number of phenolic OH excluding ortho intramolecular Hbond substituents is 1. The van der Waals surface area contributed by atoms with Crippen LogP contribution in [0.25, 0.3) is 10.8 Å². The number of phenols is 1. The van der Waals surface area contributed by atoms with Crippen LogP contribution in [0, 0.1) is 0 Å². The molecule has 0 fully saturated rings. The van der Waals surface area contributed by atoms with Gasteiger partial charge in [0, 0.05) is 10.0 Å². The van der Waals surface area contributed by atoms with Gasteiger partial charge in [0.2, 0.25) is 0 Å². The molecule has 3 rings (SSSR count). The van der Waals surface area contributed by atoms with Crippen molar-refractivity contribution in [3.63, 3.8) is 0 Å². The maximum atomic E-state index is 12.5. The van der Waals surface area contributed by atoms with Gasteiger partial charge in [0.25, 0.3) is 5.91 Å². The van der Waals surface area contributed by atoms with Crippen molar-refractivity contribution < 1.29 is 28.9 Å². The minimum absolute atomic E-state index is 0.112. The van der Waals surface area contributed by atoms with Crippen molar-refractivity contribution >= 4 is 44.8 Å². The van der Waals surface area contributed by atoms with Gasteiger partial charge in [0.15, 0.2) is 18.1 Å². The van der Waals surface area contributed by atoms with Crippen LogP contribution in [0.4, 0.5) is 0 Å². The number of benzene rings is 3. The molecule has 0 aliphatic heterocycles. The summed E-state index contributed by atoms with van der Waals surface area (Å²) in [5.41, 5.74) is 3.12. The zero-order chi connectivity index (χ0) is 23.1. The Labute approximate surface area is 192 Å². The van der Waals surface area contributed by atoms with Gasteiger partial charge < -0.3 is 19.3 Å². The van der Waals surface area contributed by atoms with E-state index in [-0.39, 0.29) is 17.9 Å². The zero-order valence-corrected chi connectivity index (χ0v) is 19.0. The molecule has 8 nitrogen and oxygen atoms in total. The highest BCUT2D eigenvalue weighted by atomic mass is 79.9. The van der Waals surface area contributed by atoms with Crippen LogP contribution in [0.5, 0.6) is 17.2 Å². The van der Waals surface area contributed by atoms with Crippen LogP contribution in [0.3, 0.4) is 0 Å². The number of carbonyl (C=O) groups excluding carboxylic acids is 2. The van der Waals surface area contributed by atoms with Crippen molar-refractivity contribution in [3.05, 3.63) is 64.1 Å². The molecule has 0 saturated carbocycles. The molecule has 0 spiro atoms. The lowest BCUT2D eigenvalue weighted by molar-refractivity contribution is -0.142. The summed E-state index contributed by atoms with van der Waals surface area (Å²) in [5.74, 6) is -0.452. The van der Waals surface area contributed by atoms with Crippen molar-refractivity contribution in [1.29, 1.82) is 0 Å². The van der Waals surface area contributed by atoms with Crippen LogP contribution in [-0.4, -0.2) is 43.5 Å². The van der Waals surface area contributed by atoms with E-state index in [1.54, 1.807) is 18.2 Å². The number of nitrogens with one attached hydrogen (secondary N) is 1. The van der Waals surface area contributed by atoms with E-state index in [1.165, 1.54) is 19.4 Å². The second-order valence-electron chi connectivity index (χ2n) is 6.53. The molecule has 0 saturated heterocycles. The molecule has 3 aromatic rings. The molecule has 0 bridgehead atoms. The molecule has 0 atom stereocenters. The molecule has 0 radical (unpaired) electrons. The summed E-state index contributed by atoms with van der Waals surface area (Å²) >= 11 is 3.41. The van der Waals surface area contributed by atoms with Crippen LogP contribution in [0.2, 0.25) is 0 Å². The number of amides is 1. The second-order valence-corrected chi connectivity index (χ2v) is 7.39. The first-order valence-electron chi connectivity index (χ1n) is 9.64. The lowest BCUT2D eigenvalue weighted by Crippen LogP contribution is -2.17. The highest BCUT2D eigenvalue weighted by Crippen LogP contribution is 2.33. The highest BCUT2D eigenvalue weighted by Gasteiger charge is 2.14. The highest BCUT2D eigenvalue weighted by molar-refractivity contribution is 9.10. The normalized spacial score (nSPS) is 10.8. The topological polar surface area (TPSA) is 106 Å². The van der Waals surface area contributed by atoms with E-state index < -0.39 is 11.9 Å². The fourth-order valence-electron chi connectivity index (χ4n) is 2.86. The molecule has 0 heterocycles. The quantitative estimate of drug-likeness (QED) is 0.274. The van der Waals surface area contributed by atoms with Crippen LogP contribution in [0.15, 0.2) is 58.1 Å². The van der Waals surface area contributed by atoms with E-state index in [9.17, 15) is 14.7 Å². The largest absolute Gasteiger partial charge is 0.507 e. The summed E-state index contributed by atoms with van der Waals surface area (Å²) in [4.78, 5) is 23.8. The molecular weight excluding hydrogens is 480 g/mol. The first-order valence-corrected chi connectivity index (χ1v) is 10.4. The third-order valence-corrected chi connectivity index (χ3v) is 5.10. The number of rotatable bonds is 8. The summed E-state index contributed by atoms with van der Waals surface area (Å²) < 4.78 is 16.2. The van der Waals surface area contributed by atoms with Gasteiger partial charge in [0.1, 0.15) is 5.75 Å². The van der Waals surface area contributed by atoms with E-state index in [2.05, 4.69) is 31.2 Å². The minimum atomic E-state index is -0.552. The fraction of sp³-hybridized carbons (Fsp3) is 0.174. The van der Waals surface area contributed by atoms with Crippen molar-refractivity contribution in [2.24, 2.45) is 5.10 Å². The maximum Gasteiger partial charge on any atom is 0.343 e. The summed E-state index contributed by atoms with van der Waals surface area (Å²) in [6.07, 6.45) is 1.42. The molecule has 3 aromatic carbocycles. The van der Waals surface area contributed by atoms with E-state index in [4.69, 9.17) is 9.47 Å². The molecule has 166 valence electrons. The average molecular weight is 501 g/mol. The number of fused-ring (bicyclic) bond motifs is 1. The van der Waals surface area contributed by atoms with Gasteiger partial charge in [-0.25, -0.2) is 10.2 Å². The smallest absolute Gasteiger partial charge is 0.343 e. The number of carbonyl (C=O) groups is 2. The predicted octanol–water partition coefficient (Wildman–Crippen LogP) is 4.02. The van der Waals surface area contributed by atoms with E-state index >= 15 is 0 Å². The van der Waals surface area contributed by atoms with Gasteiger partial charge in [-0.3, -0.25) is 4.79 Å². The van der Waals surface area contributed by atoms with Crippen LogP contribution < -0.4 is 14.9 Å². The first kappa shape index (κ1) is 23.1. The zero-order valence-electron chi connectivity index (χ0n) is 17.4. The number of methoxy groups -OCH3 is 1. The van der Waals surface area contributed by atoms with Gasteiger partial charge in [-0.2, -0.15) is 5.10 Å². The Morgan fingerprint density at radius 1 is 1.09 bits per heavy atom. The number of hydrogen-bond donors (Lipinski definition) is 2. The van der Waals surface area contributed by atoms with Gasteiger partial charge in [-0.1, -0.05) is 24.3 Å². The summed E-state index contributed by atoms with van der Waals surface area (Å²) in [6.45, 7) is 1.93. The van der Waals surface area contributed by atoms with Gasteiger partial charge in [0.05, 0.1) is 25.5 Å². The van der Waals surface area contributed by atoms with Gasteiger partial charge >= 0.3 is 5.97 Å². The molecule has 1 amide bonds. The van der Waals surface area contributed by atoms with Crippen LogP contribution >= 0.6 is 15.9 Å². The second kappa shape index (κ2) is 10.6. The van der Waals surface area contributed by atoms with Crippen molar-refractivity contribution in [2.75, 3.05) is 20.3 Å². The van der Waals surface area contributed by atoms with E-state index in [1.807, 2.05) is 31.2 Å². The fourth-order valence-corrected chi connectivity index (χ4v) is 3.28. The Bertz CT molecular complexity index is 1180. The standard InChI is InChI=1S/C23H21BrN2O6/c1-3-31-20-10-16(18(24)11-21(20)32-13-22(28)30-2)12-25-26-23(29)17-8-14-6-4-5-7-15(14)9-19(17)27/h4-12,27H,3,13H2,1-2H3,(H,26,29). The monoisotopic (exact) mass is 500 g/mol. The van der Waals surface area contributed by atoms with Crippen molar-refractivity contribution in [1.82, 2.24) is 5.43 Å². The molecule has 0 aromatic heterocycles. The van der Waals surface area contributed by atoms with Gasteiger partial charge in [-0.05, 0) is 57.9 Å². The van der Waals surface area contributed by atoms with E-state index in [0.29, 0.717) is 28.1 Å². The minimum Gasteiger partial charge on any atom is -0.507 e. The third kappa shape index (κ3) is 5.55. The Kier molecular flexibility index (Phi) is 7.67. The molecular formula is C23H21BrN2O6. The first-order chi connectivity index (χ1) is 15.4. The molecule has 2 N–H and O–H groups in total. The number of ether oxygens (including phenoxy) is 3. The predicted molar refractivity (Wildman–Crippen MR) is 123 cm³/mol. The van der Waals surface area contributed by atoms with Crippen LogP contribution in [-0.2, 0) is 9.53 Å². The molecule has 0 unspecified atom stereocenters. The molecule has 9 heteroatoms. The Morgan fingerprint density at radius 2 is 1.78 bits per heavy atom. The van der Waals surface area contributed by atoms with Crippen LogP contribution in [0.1, 0.15) is 22.8 Å².